The average Bonchev–Trinajstić information content (AvgIpc) is 1.82. The highest BCUT2D eigenvalue weighted by molar-refractivity contribution is 14.1. The fourth-order valence-electron chi connectivity index (χ4n) is 1.40. The summed E-state index contributed by atoms with van der Waals surface area (Å²) in [6.45, 7) is 6.66. The van der Waals surface area contributed by atoms with Gasteiger partial charge in [-0.1, -0.05) is 52.8 Å². The van der Waals surface area contributed by atoms with Gasteiger partial charge in [-0.2, -0.15) is 0 Å². The molecule has 0 aromatic rings. The van der Waals surface area contributed by atoms with Crippen LogP contribution in [0, 0.1) is 5.92 Å². The molecule has 2 atom stereocenters. The van der Waals surface area contributed by atoms with Crippen LogP contribution in [0.3, 0.4) is 0 Å². The van der Waals surface area contributed by atoms with Crippen LogP contribution < -0.4 is 0 Å². The second-order valence-corrected chi connectivity index (χ2v) is 4.40. The van der Waals surface area contributed by atoms with Gasteiger partial charge in [-0.15, -0.1) is 0 Å². The molecule has 0 nitrogen and oxygen atoms in total. The van der Waals surface area contributed by atoms with E-state index in [0.29, 0.717) is 9.84 Å². The smallest absolute Gasteiger partial charge is 0.0379 e. The van der Waals surface area contributed by atoms with Crippen LogP contribution in [0.4, 0.5) is 0 Å². The zero-order valence-corrected chi connectivity index (χ0v) is 8.84. The Morgan fingerprint density at radius 2 is 2.00 bits per heavy atom. The van der Waals surface area contributed by atoms with Crippen molar-refractivity contribution in [2.45, 2.75) is 24.7 Å². The van der Waals surface area contributed by atoms with Gasteiger partial charge in [-0.25, -0.2) is 0 Å². The Labute approximate surface area is 76.5 Å². The quantitative estimate of drug-likeness (QED) is 0.455. The Morgan fingerprint density at radius 3 is 2.50 bits per heavy atom. The minimum atomic E-state index is 0.710. The number of hydrogen-bond acceptors (Lipinski definition) is 0. The molecule has 0 aliphatic heterocycles. The average molecular weight is 248 g/mol. The Hall–Kier alpha value is 0.210. The summed E-state index contributed by atoms with van der Waals surface area (Å²) in [7, 11) is 0. The van der Waals surface area contributed by atoms with Crippen LogP contribution in [0.25, 0.3) is 0 Å². The van der Waals surface area contributed by atoms with Crippen LogP contribution in [0.2, 0.25) is 0 Å². The molecule has 0 fully saturated rings. The summed E-state index contributed by atoms with van der Waals surface area (Å²) in [5.74, 6) is 0.714. The lowest BCUT2D eigenvalue weighted by molar-refractivity contribution is 0.736. The predicted molar refractivity (Wildman–Crippen MR) is 54.5 cm³/mol. The Bertz CT molecular complexity index is 189. The second kappa shape index (κ2) is 3.07. The SMILES string of the molecule is CC1=CC(C)C(I)C(C)=C1. The molecule has 0 bridgehead atoms. The van der Waals surface area contributed by atoms with Crippen molar-refractivity contribution in [3.63, 3.8) is 0 Å². The highest BCUT2D eigenvalue weighted by Crippen LogP contribution is 2.28. The van der Waals surface area contributed by atoms with Crippen molar-refractivity contribution in [1.29, 1.82) is 0 Å². The largest absolute Gasteiger partial charge is 0.0774 e. The first-order chi connectivity index (χ1) is 4.61. The van der Waals surface area contributed by atoms with E-state index in [1.54, 1.807) is 0 Å². The maximum absolute atomic E-state index is 2.51. The maximum Gasteiger partial charge on any atom is 0.0379 e. The molecule has 1 aliphatic carbocycles. The van der Waals surface area contributed by atoms with E-state index in [4.69, 9.17) is 0 Å². The highest BCUT2D eigenvalue weighted by atomic mass is 127. The van der Waals surface area contributed by atoms with Gasteiger partial charge in [0.05, 0.1) is 0 Å². The Morgan fingerprint density at radius 1 is 1.40 bits per heavy atom. The molecule has 1 aliphatic rings. The third-order valence-electron chi connectivity index (χ3n) is 1.88. The molecule has 0 aromatic heterocycles. The number of allylic oxidation sites excluding steroid dienone is 4. The topological polar surface area (TPSA) is 0 Å². The first kappa shape index (κ1) is 8.31. The molecule has 1 heteroatoms. The van der Waals surface area contributed by atoms with E-state index in [0.717, 1.165) is 0 Å². The second-order valence-electron chi connectivity index (χ2n) is 3.06. The minimum absolute atomic E-state index is 0.710. The van der Waals surface area contributed by atoms with Gasteiger partial charge < -0.3 is 0 Å². The zero-order valence-electron chi connectivity index (χ0n) is 6.69. The van der Waals surface area contributed by atoms with Crippen molar-refractivity contribution in [1.82, 2.24) is 0 Å². The minimum Gasteiger partial charge on any atom is -0.0774 e. The summed E-state index contributed by atoms with van der Waals surface area (Å²) in [6.07, 6.45) is 4.61. The monoisotopic (exact) mass is 248 g/mol. The molecule has 0 heterocycles. The normalized spacial score (nSPS) is 33.2. The summed E-state index contributed by atoms with van der Waals surface area (Å²) >= 11 is 2.51. The summed E-state index contributed by atoms with van der Waals surface area (Å²) in [5, 5.41) is 0. The predicted octanol–water partition coefficient (Wildman–Crippen LogP) is 3.33. The van der Waals surface area contributed by atoms with E-state index in [1.165, 1.54) is 11.1 Å². The summed E-state index contributed by atoms with van der Waals surface area (Å²) in [5.41, 5.74) is 2.92. The fraction of sp³-hybridized carbons (Fsp3) is 0.556. The first-order valence-electron chi connectivity index (χ1n) is 3.62. The van der Waals surface area contributed by atoms with Crippen molar-refractivity contribution >= 4 is 22.6 Å². The summed E-state index contributed by atoms with van der Waals surface area (Å²) in [4.78, 5) is 0. The molecular formula is C9H13I. The van der Waals surface area contributed by atoms with Gasteiger partial charge in [0.1, 0.15) is 0 Å². The molecule has 0 saturated heterocycles. The van der Waals surface area contributed by atoms with Crippen molar-refractivity contribution in [3.8, 4) is 0 Å². The zero-order chi connectivity index (χ0) is 7.72. The lowest BCUT2D eigenvalue weighted by atomic mass is 9.93. The van der Waals surface area contributed by atoms with Crippen LogP contribution in [0.1, 0.15) is 20.8 Å². The van der Waals surface area contributed by atoms with Gasteiger partial charge in [0.25, 0.3) is 0 Å². The van der Waals surface area contributed by atoms with E-state index in [-0.39, 0.29) is 0 Å². The van der Waals surface area contributed by atoms with E-state index in [2.05, 4.69) is 55.5 Å². The van der Waals surface area contributed by atoms with Gasteiger partial charge in [0.15, 0.2) is 0 Å². The number of rotatable bonds is 0. The molecule has 0 aromatic carbocycles. The summed E-state index contributed by atoms with van der Waals surface area (Å²) < 4.78 is 0.710. The van der Waals surface area contributed by atoms with Crippen molar-refractivity contribution in [2.75, 3.05) is 0 Å². The molecular weight excluding hydrogens is 235 g/mol. The summed E-state index contributed by atoms with van der Waals surface area (Å²) in [6, 6.07) is 0. The molecule has 0 saturated carbocycles. The van der Waals surface area contributed by atoms with Crippen LogP contribution in [0.15, 0.2) is 23.3 Å². The van der Waals surface area contributed by atoms with Crippen molar-refractivity contribution < 1.29 is 0 Å². The van der Waals surface area contributed by atoms with E-state index >= 15 is 0 Å². The van der Waals surface area contributed by atoms with Gasteiger partial charge >= 0.3 is 0 Å². The van der Waals surface area contributed by atoms with Crippen LogP contribution in [-0.4, -0.2) is 3.92 Å². The van der Waals surface area contributed by atoms with Crippen LogP contribution in [-0.2, 0) is 0 Å². The lowest BCUT2D eigenvalue weighted by Crippen LogP contribution is -2.13. The van der Waals surface area contributed by atoms with Crippen molar-refractivity contribution in [3.05, 3.63) is 23.3 Å². The van der Waals surface area contributed by atoms with E-state index < -0.39 is 0 Å². The van der Waals surface area contributed by atoms with E-state index in [1.807, 2.05) is 0 Å². The van der Waals surface area contributed by atoms with Gasteiger partial charge in [0, 0.05) is 3.92 Å². The highest BCUT2D eigenvalue weighted by Gasteiger charge is 2.16. The number of halogens is 1. The van der Waals surface area contributed by atoms with Crippen LogP contribution >= 0.6 is 22.6 Å². The molecule has 0 spiro atoms. The molecule has 0 N–H and O–H groups in total. The molecule has 2 unspecified atom stereocenters. The third kappa shape index (κ3) is 1.62. The van der Waals surface area contributed by atoms with Gasteiger partial charge in [0.2, 0.25) is 0 Å². The van der Waals surface area contributed by atoms with Crippen LogP contribution in [0.5, 0.6) is 0 Å². The van der Waals surface area contributed by atoms with Gasteiger partial charge in [-0.3, -0.25) is 0 Å². The Kier molecular flexibility index (Phi) is 2.55. The lowest BCUT2D eigenvalue weighted by Gasteiger charge is -2.20. The third-order valence-corrected chi connectivity index (χ3v) is 3.99. The molecule has 1 rings (SSSR count). The van der Waals surface area contributed by atoms with E-state index in [9.17, 15) is 0 Å². The molecule has 56 valence electrons. The molecule has 10 heavy (non-hydrogen) atoms. The first-order valence-corrected chi connectivity index (χ1v) is 4.86. The number of hydrogen-bond donors (Lipinski definition) is 0. The van der Waals surface area contributed by atoms with Crippen molar-refractivity contribution in [2.24, 2.45) is 5.92 Å². The van der Waals surface area contributed by atoms with Gasteiger partial charge in [-0.05, 0) is 19.8 Å². The standard InChI is InChI=1S/C9H13I/c1-6-4-7(2)9(10)8(3)5-6/h4-5,7,9H,1-3H3. The fourth-order valence-corrected chi connectivity index (χ4v) is 1.79. The number of alkyl halides is 1. The molecule has 0 radical (unpaired) electrons. The Balaban J connectivity index is 2.85. The maximum atomic E-state index is 2.51. The molecule has 0 amide bonds.